The van der Waals surface area contributed by atoms with Crippen LogP contribution in [-0.4, -0.2) is 36.1 Å². The summed E-state index contributed by atoms with van der Waals surface area (Å²) < 4.78 is 37.5. The predicted molar refractivity (Wildman–Crippen MR) is 147 cm³/mol. The summed E-state index contributed by atoms with van der Waals surface area (Å²) in [6.07, 6.45) is 0. The molecule has 0 aliphatic rings. The number of sulfonamides is 1. The molecule has 0 fully saturated rings. The van der Waals surface area contributed by atoms with E-state index in [-0.39, 0.29) is 21.2 Å². The number of ether oxygens (including phenoxy) is 1. The van der Waals surface area contributed by atoms with E-state index in [1.165, 1.54) is 15.4 Å². The zero-order chi connectivity index (χ0) is 27.6. The molecule has 0 spiro atoms. The number of aromatic nitrogens is 2. The molecule has 1 N–H and O–H groups in total. The fraction of sp³-hybridized carbons (Fsp3) is 0.115. The number of carbonyl (C=O) groups excluding carboxylic acids is 2. The van der Waals surface area contributed by atoms with Gasteiger partial charge in [0.25, 0.3) is 15.6 Å². The fourth-order valence-corrected chi connectivity index (χ4v) is 5.40. The number of esters is 1. The van der Waals surface area contributed by atoms with Crippen LogP contribution in [0.15, 0.2) is 87.0 Å². The first-order valence-corrected chi connectivity index (χ1v) is 13.8. The van der Waals surface area contributed by atoms with Gasteiger partial charge in [-0.25, -0.2) is 17.9 Å². The maximum absolute atomic E-state index is 13.2. The molecule has 0 bridgehead atoms. The topological polar surface area (TPSA) is 116 Å². The van der Waals surface area contributed by atoms with Gasteiger partial charge >= 0.3 is 5.97 Å². The second-order valence-electron chi connectivity index (χ2n) is 8.22. The molecule has 38 heavy (non-hydrogen) atoms. The first-order chi connectivity index (χ1) is 18.0. The van der Waals surface area contributed by atoms with Gasteiger partial charge in [-0.3, -0.25) is 19.0 Å². The lowest BCUT2D eigenvalue weighted by Gasteiger charge is -2.10. The minimum absolute atomic E-state index is 0.0504. The van der Waals surface area contributed by atoms with Gasteiger partial charge in [-0.05, 0) is 49.4 Å². The van der Waals surface area contributed by atoms with Gasteiger partial charge < -0.3 is 4.74 Å². The molecule has 4 aromatic rings. The van der Waals surface area contributed by atoms with E-state index < -0.39 is 33.9 Å². The minimum Gasteiger partial charge on any atom is -0.454 e. The lowest BCUT2D eigenvalue weighted by Crippen LogP contribution is -2.23. The van der Waals surface area contributed by atoms with E-state index in [4.69, 9.17) is 16.3 Å². The number of anilines is 1. The van der Waals surface area contributed by atoms with Gasteiger partial charge in [-0.1, -0.05) is 57.9 Å². The Balaban J connectivity index is 1.58. The third-order valence-electron chi connectivity index (χ3n) is 5.71. The largest absolute Gasteiger partial charge is 0.454 e. The standard InChI is InChI=1S/C26H21BrClN3O6S/c1-16-24(25(33)31(30(16)2)21-6-4-3-5-7-21)29-38(35,36)22-13-18(12-20(28)14-22)26(34)37-15-23(32)17-8-10-19(27)11-9-17/h3-14,29H,15H2,1-2H3. The summed E-state index contributed by atoms with van der Waals surface area (Å²) in [6.45, 7) is 1.05. The van der Waals surface area contributed by atoms with Gasteiger partial charge in [0.05, 0.1) is 21.8 Å². The van der Waals surface area contributed by atoms with E-state index in [0.29, 0.717) is 16.9 Å². The quantitative estimate of drug-likeness (QED) is 0.225. The Labute approximate surface area is 231 Å². The Morgan fingerprint density at radius 1 is 1.00 bits per heavy atom. The number of benzene rings is 3. The van der Waals surface area contributed by atoms with Crippen LogP contribution in [0.1, 0.15) is 26.4 Å². The first-order valence-electron chi connectivity index (χ1n) is 11.1. The molecule has 0 radical (unpaired) electrons. The van der Waals surface area contributed by atoms with Gasteiger partial charge in [-0.15, -0.1) is 0 Å². The summed E-state index contributed by atoms with van der Waals surface area (Å²) in [5, 5.41) is -0.0504. The van der Waals surface area contributed by atoms with Crippen molar-refractivity contribution in [3.05, 3.63) is 109 Å². The van der Waals surface area contributed by atoms with Crippen LogP contribution in [0.3, 0.4) is 0 Å². The van der Waals surface area contributed by atoms with Crippen LogP contribution < -0.4 is 10.3 Å². The molecule has 0 aliphatic heterocycles. The number of nitrogens with zero attached hydrogens (tertiary/aromatic N) is 2. The summed E-state index contributed by atoms with van der Waals surface area (Å²) in [5.74, 6) is -1.37. The lowest BCUT2D eigenvalue weighted by atomic mass is 10.1. The second-order valence-corrected chi connectivity index (χ2v) is 11.3. The fourth-order valence-electron chi connectivity index (χ4n) is 3.65. The van der Waals surface area contributed by atoms with Gasteiger partial charge in [0, 0.05) is 22.1 Å². The second kappa shape index (κ2) is 11.0. The van der Waals surface area contributed by atoms with Crippen molar-refractivity contribution in [3.8, 4) is 5.69 Å². The highest BCUT2D eigenvalue weighted by atomic mass is 79.9. The molecule has 3 aromatic carbocycles. The molecular formula is C26H21BrClN3O6S. The van der Waals surface area contributed by atoms with Crippen LogP contribution >= 0.6 is 27.5 Å². The van der Waals surface area contributed by atoms with Crippen molar-refractivity contribution in [2.24, 2.45) is 7.05 Å². The highest BCUT2D eigenvalue weighted by Gasteiger charge is 2.24. The maximum Gasteiger partial charge on any atom is 0.338 e. The first kappa shape index (κ1) is 27.4. The Bertz CT molecular complexity index is 1700. The molecule has 0 amide bonds. The van der Waals surface area contributed by atoms with Crippen LogP contribution in [0.4, 0.5) is 5.69 Å². The molecule has 0 aliphatic carbocycles. The van der Waals surface area contributed by atoms with Crippen molar-refractivity contribution in [2.75, 3.05) is 11.3 Å². The van der Waals surface area contributed by atoms with E-state index in [9.17, 15) is 22.8 Å². The van der Waals surface area contributed by atoms with E-state index in [0.717, 1.165) is 16.6 Å². The molecule has 1 aromatic heterocycles. The number of para-hydroxylation sites is 1. The van der Waals surface area contributed by atoms with Crippen LogP contribution in [0.25, 0.3) is 5.69 Å². The zero-order valence-corrected chi connectivity index (χ0v) is 23.3. The van der Waals surface area contributed by atoms with Crippen molar-refractivity contribution in [1.82, 2.24) is 9.36 Å². The summed E-state index contributed by atoms with van der Waals surface area (Å²) in [4.78, 5) is 37.7. The van der Waals surface area contributed by atoms with E-state index in [1.54, 1.807) is 68.6 Å². The van der Waals surface area contributed by atoms with Crippen LogP contribution in [0.2, 0.25) is 5.02 Å². The number of hydrogen-bond acceptors (Lipinski definition) is 6. The molecule has 4 rings (SSSR count). The van der Waals surface area contributed by atoms with E-state index in [1.807, 2.05) is 0 Å². The third kappa shape index (κ3) is 5.74. The smallest absolute Gasteiger partial charge is 0.338 e. The molecule has 0 saturated carbocycles. The molecule has 1 heterocycles. The molecule has 196 valence electrons. The molecule has 0 unspecified atom stereocenters. The van der Waals surface area contributed by atoms with Crippen molar-refractivity contribution >= 4 is 55.0 Å². The van der Waals surface area contributed by atoms with Gasteiger partial charge in [0.2, 0.25) is 0 Å². The SMILES string of the molecule is Cc1c(NS(=O)(=O)c2cc(Cl)cc(C(=O)OCC(=O)c3ccc(Br)cc3)c2)c(=O)n(-c2ccccc2)n1C. The number of carbonyl (C=O) groups is 2. The minimum atomic E-state index is -4.34. The summed E-state index contributed by atoms with van der Waals surface area (Å²) in [7, 11) is -2.71. The number of Topliss-reactive ketones (excluding diaryl/α,β-unsaturated/α-hetero) is 1. The highest BCUT2D eigenvalue weighted by molar-refractivity contribution is 9.10. The van der Waals surface area contributed by atoms with E-state index >= 15 is 0 Å². The van der Waals surface area contributed by atoms with Gasteiger partial charge in [-0.2, -0.15) is 0 Å². The molecular weight excluding hydrogens is 598 g/mol. The van der Waals surface area contributed by atoms with Crippen molar-refractivity contribution < 1.29 is 22.7 Å². The summed E-state index contributed by atoms with van der Waals surface area (Å²) in [5.41, 5.74) is 0.370. The van der Waals surface area contributed by atoms with Gasteiger partial charge in [0.15, 0.2) is 12.4 Å². The Kier molecular flexibility index (Phi) is 7.91. The van der Waals surface area contributed by atoms with Gasteiger partial charge in [0.1, 0.15) is 5.69 Å². The maximum atomic E-state index is 13.2. The highest BCUT2D eigenvalue weighted by Crippen LogP contribution is 2.23. The Morgan fingerprint density at radius 3 is 2.32 bits per heavy atom. The average molecular weight is 619 g/mol. The number of rotatable bonds is 8. The summed E-state index contributed by atoms with van der Waals surface area (Å²) >= 11 is 9.38. The Morgan fingerprint density at radius 2 is 1.66 bits per heavy atom. The Hall–Kier alpha value is -3.67. The van der Waals surface area contributed by atoms with Crippen molar-refractivity contribution in [3.63, 3.8) is 0 Å². The predicted octanol–water partition coefficient (Wildman–Crippen LogP) is 4.74. The number of hydrogen-bond donors (Lipinski definition) is 1. The molecule has 0 atom stereocenters. The van der Waals surface area contributed by atoms with Crippen LogP contribution in [0, 0.1) is 6.92 Å². The van der Waals surface area contributed by atoms with E-state index in [2.05, 4.69) is 20.7 Å². The molecule has 0 saturated heterocycles. The number of ketones is 1. The summed E-state index contributed by atoms with van der Waals surface area (Å²) in [6, 6.07) is 18.7. The van der Waals surface area contributed by atoms with Crippen molar-refractivity contribution in [2.45, 2.75) is 11.8 Å². The number of halogens is 2. The normalized spacial score (nSPS) is 11.3. The van der Waals surface area contributed by atoms with Crippen LogP contribution in [0.5, 0.6) is 0 Å². The molecule has 12 heteroatoms. The average Bonchev–Trinajstić information content (AvgIpc) is 3.10. The van der Waals surface area contributed by atoms with Crippen molar-refractivity contribution in [1.29, 1.82) is 0 Å². The number of nitrogens with one attached hydrogen (secondary N) is 1. The monoisotopic (exact) mass is 617 g/mol. The third-order valence-corrected chi connectivity index (χ3v) is 7.78. The molecule has 9 nitrogen and oxygen atoms in total. The zero-order valence-electron chi connectivity index (χ0n) is 20.1. The lowest BCUT2D eigenvalue weighted by molar-refractivity contribution is 0.0474. The van der Waals surface area contributed by atoms with Crippen LogP contribution in [-0.2, 0) is 21.8 Å².